The van der Waals surface area contributed by atoms with Crippen molar-refractivity contribution in [1.82, 2.24) is 5.32 Å². The predicted octanol–water partition coefficient (Wildman–Crippen LogP) is 2.56. The summed E-state index contributed by atoms with van der Waals surface area (Å²) in [6, 6.07) is 15.1. The first-order chi connectivity index (χ1) is 10.2. The van der Waals surface area contributed by atoms with Gasteiger partial charge in [0, 0.05) is 12.1 Å². The van der Waals surface area contributed by atoms with E-state index in [2.05, 4.69) is 5.32 Å². The topological polar surface area (TPSA) is 47.6 Å². The minimum atomic E-state index is -0.0222. The van der Waals surface area contributed by atoms with Gasteiger partial charge in [-0.05, 0) is 23.8 Å². The minimum absolute atomic E-state index is 0.0222. The molecule has 4 nitrogen and oxygen atoms in total. The number of rotatable bonds is 6. The van der Waals surface area contributed by atoms with Gasteiger partial charge < -0.3 is 14.8 Å². The molecule has 0 aliphatic carbocycles. The van der Waals surface area contributed by atoms with Crippen LogP contribution in [0.1, 0.15) is 11.1 Å². The van der Waals surface area contributed by atoms with Crippen LogP contribution in [0.15, 0.2) is 48.5 Å². The van der Waals surface area contributed by atoms with Crippen LogP contribution in [-0.4, -0.2) is 20.1 Å². The van der Waals surface area contributed by atoms with Crippen LogP contribution in [0.5, 0.6) is 11.5 Å². The molecule has 0 heterocycles. The Labute approximate surface area is 124 Å². The van der Waals surface area contributed by atoms with Crippen molar-refractivity contribution in [2.45, 2.75) is 13.0 Å². The zero-order valence-corrected chi connectivity index (χ0v) is 12.3. The second kappa shape index (κ2) is 7.33. The lowest BCUT2D eigenvalue weighted by Gasteiger charge is -2.09. The summed E-state index contributed by atoms with van der Waals surface area (Å²) in [6.07, 6.45) is 0.346. The van der Waals surface area contributed by atoms with Gasteiger partial charge in [-0.3, -0.25) is 4.79 Å². The van der Waals surface area contributed by atoms with E-state index in [0.717, 1.165) is 22.6 Å². The van der Waals surface area contributed by atoms with Gasteiger partial charge in [0.2, 0.25) is 5.91 Å². The van der Waals surface area contributed by atoms with E-state index in [-0.39, 0.29) is 5.91 Å². The van der Waals surface area contributed by atoms with Gasteiger partial charge >= 0.3 is 0 Å². The van der Waals surface area contributed by atoms with Crippen molar-refractivity contribution in [3.63, 3.8) is 0 Å². The van der Waals surface area contributed by atoms with Crippen LogP contribution < -0.4 is 14.8 Å². The average Bonchev–Trinajstić information content (AvgIpc) is 2.54. The Balaban J connectivity index is 1.89. The van der Waals surface area contributed by atoms with Crippen molar-refractivity contribution in [2.75, 3.05) is 14.2 Å². The number of hydrogen-bond donors (Lipinski definition) is 1. The number of ether oxygens (including phenoxy) is 2. The molecule has 1 N–H and O–H groups in total. The summed E-state index contributed by atoms with van der Waals surface area (Å²) in [5.74, 6) is 1.54. The van der Waals surface area contributed by atoms with Gasteiger partial charge in [-0.15, -0.1) is 0 Å². The molecule has 0 saturated heterocycles. The van der Waals surface area contributed by atoms with Crippen molar-refractivity contribution >= 4 is 5.91 Å². The largest absolute Gasteiger partial charge is 0.497 e. The number of carbonyl (C=O) groups excluding carboxylic acids is 1. The van der Waals surface area contributed by atoms with Crippen LogP contribution in [0, 0.1) is 0 Å². The number of para-hydroxylation sites is 1. The number of amides is 1. The molecule has 0 aliphatic rings. The van der Waals surface area contributed by atoms with Crippen LogP contribution in [0.4, 0.5) is 0 Å². The Morgan fingerprint density at radius 3 is 2.38 bits per heavy atom. The highest BCUT2D eigenvalue weighted by atomic mass is 16.5. The molecule has 1 amide bonds. The molecule has 0 aromatic heterocycles. The lowest BCUT2D eigenvalue weighted by atomic mass is 10.1. The van der Waals surface area contributed by atoms with E-state index in [9.17, 15) is 4.79 Å². The summed E-state index contributed by atoms with van der Waals surface area (Å²) in [4.78, 5) is 12.0. The number of nitrogens with one attached hydrogen (secondary N) is 1. The molecule has 0 spiro atoms. The summed E-state index contributed by atoms with van der Waals surface area (Å²) in [7, 11) is 3.24. The van der Waals surface area contributed by atoms with E-state index in [1.54, 1.807) is 14.2 Å². The lowest BCUT2D eigenvalue weighted by molar-refractivity contribution is -0.120. The maximum atomic E-state index is 12.0. The molecular formula is C17H19NO3. The fourth-order valence-corrected chi connectivity index (χ4v) is 2.03. The molecule has 0 fully saturated rings. The molecule has 0 atom stereocenters. The van der Waals surface area contributed by atoms with Crippen molar-refractivity contribution in [1.29, 1.82) is 0 Å². The Morgan fingerprint density at radius 1 is 1.00 bits per heavy atom. The molecular weight excluding hydrogens is 266 g/mol. The molecule has 0 unspecified atom stereocenters. The Bertz CT molecular complexity index is 593. The molecule has 21 heavy (non-hydrogen) atoms. The van der Waals surface area contributed by atoms with Gasteiger partial charge in [0.15, 0.2) is 0 Å². The number of carbonyl (C=O) groups is 1. The normalized spacial score (nSPS) is 10.0. The van der Waals surface area contributed by atoms with Crippen LogP contribution in [0.25, 0.3) is 0 Å². The second-order valence-corrected chi connectivity index (χ2v) is 4.61. The van der Waals surface area contributed by atoms with Crippen molar-refractivity contribution < 1.29 is 14.3 Å². The minimum Gasteiger partial charge on any atom is -0.497 e. The van der Waals surface area contributed by atoms with Gasteiger partial charge in [0.25, 0.3) is 0 Å². The highest BCUT2D eigenvalue weighted by Crippen LogP contribution is 2.17. The Kier molecular flexibility index (Phi) is 5.21. The zero-order valence-electron chi connectivity index (χ0n) is 12.3. The van der Waals surface area contributed by atoms with Crippen molar-refractivity contribution in [3.05, 3.63) is 59.7 Å². The van der Waals surface area contributed by atoms with Crippen molar-refractivity contribution in [2.24, 2.45) is 0 Å². The highest BCUT2D eigenvalue weighted by molar-refractivity contribution is 5.78. The molecule has 0 saturated carbocycles. The quantitative estimate of drug-likeness (QED) is 0.887. The smallest absolute Gasteiger partial charge is 0.224 e. The third-order valence-electron chi connectivity index (χ3n) is 3.19. The van der Waals surface area contributed by atoms with Gasteiger partial charge in [0.1, 0.15) is 11.5 Å². The maximum absolute atomic E-state index is 12.0. The summed E-state index contributed by atoms with van der Waals surface area (Å²) >= 11 is 0. The van der Waals surface area contributed by atoms with Crippen LogP contribution >= 0.6 is 0 Å². The molecule has 110 valence electrons. The van der Waals surface area contributed by atoms with Crippen LogP contribution in [0.3, 0.4) is 0 Å². The van der Waals surface area contributed by atoms with E-state index in [0.29, 0.717) is 13.0 Å². The molecule has 0 radical (unpaired) electrons. The number of methoxy groups -OCH3 is 2. The Hall–Kier alpha value is -2.49. The van der Waals surface area contributed by atoms with Gasteiger partial charge in [0.05, 0.1) is 20.6 Å². The third kappa shape index (κ3) is 4.24. The standard InChI is InChI=1S/C17H19NO3/c1-20-15-9-7-13(8-10-15)11-17(19)18-12-14-5-3-4-6-16(14)21-2/h3-10H,11-12H2,1-2H3,(H,18,19). The average molecular weight is 285 g/mol. The fourth-order valence-electron chi connectivity index (χ4n) is 2.03. The summed E-state index contributed by atoms with van der Waals surface area (Å²) < 4.78 is 10.3. The first-order valence-electron chi connectivity index (χ1n) is 6.74. The molecule has 4 heteroatoms. The van der Waals surface area contributed by atoms with Crippen molar-refractivity contribution in [3.8, 4) is 11.5 Å². The molecule has 2 aromatic rings. The highest BCUT2D eigenvalue weighted by Gasteiger charge is 2.06. The van der Waals surface area contributed by atoms with Crippen LogP contribution in [0.2, 0.25) is 0 Å². The molecule has 0 bridgehead atoms. The van der Waals surface area contributed by atoms with E-state index in [4.69, 9.17) is 9.47 Å². The number of hydrogen-bond acceptors (Lipinski definition) is 3. The van der Waals surface area contributed by atoms with Crippen LogP contribution in [-0.2, 0) is 17.8 Å². The van der Waals surface area contributed by atoms with Gasteiger partial charge in [-0.25, -0.2) is 0 Å². The lowest BCUT2D eigenvalue weighted by Crippen LogP contribution is -2.24. The first-order valence-corrected chi connectivity index (χ1v) is 6.74. The SMILES string of the molecule is COc1ccc(CC(=O)NCc2ccccc2OC)cc1. The summed E-state index contributed by atoms with van der Waals surface area (Å²) in [5.41, 5.74) is 1.91. The van der Waals surface area contributed by atoms with E-state index < -0.39 is 0 Å². The molecule has 2 aromatic carbocycles. The summed E-state index contributed by atoms with van der Waals surface area (Å²) in [6.45, 7) is 0.457. The van der Waals surface area contributed by atoms with E-state index >= 15 is 0 Å². The zero-order chi connectivity index (χ0) is 15.1. The molecule has 0 aliphatic heterocycles. The van der Waals surface area contributed by atoms with E-state index in [1.165, 1.54) is 0 Å². The predicted molar refractivity (Wildman–Crippen MR) is 81.5 cm³/mol. The second-order valence-electron chi connectivity index (χ2n) is 4.61. The number of benzene rings is 2. The monoisotopic (exact) mass is 285 g/mol. The third-order valence-corrected chi connectivity index (χ3v) is 3.19. The maximum Gasteiger partial charge on any atom is 0.224 e. The summed E-state index contributed by atoms with van der Waals surface area (Å²) in [5, 5.41) is 2.90. The van der Waals surface area contributed by atoms with Gasteiger partial charge in [-0.1, -0.05) is 30.3 Å². The first kappa shape index (κ1) is 14.9. The Morgan fingerprint density at radius 2 is 1.71 bits per heavy atom. The molecule has 2 rings (SSSR count). The van der Waals surface area contributed by atoms with E-state index in [1.807, 2.05) is 48.5 Å². The van der Waals surface area contributed by atoms with Gasteiger partial charge in [-0.2, -0.15) is 0 Å². The fraction of sp³-hybridized carbons (Fsp3) is 0.235.